The van der Waals surface area contributed by atoms with Gasteiger partial charge in [0.05, 0.1) is 18.8 Å². The van der Waals surface area contributed by atoms with Crippen LogP contribution in [0.1, 0.15) is 48.7 Å². The minimum Gasteiger partial charge on any atom is -0.365 e. The van der Waals surface area contributed by atoms with Gasteiger partial charge < -0.3 is 15.0 Å². The van der Waals surface area contributed by atoms with Crippen LogP contribution in [0.2, 0.25) is 0 Å². The predicted molar refractivity (Wildman–Crippen MR) is 112 cm³/mol. The average Bonchev–Trinajstić information content (AvgIpc) is 3.44. The molecule has 1 atom stereocenters. The second-order valence-electron chi connectivity index (χ2n) is 8.71. The standard InChI is InChI=1S/C22H29FN6O2/c23-17-5-3-4-16(12-17)21-14-29-20(15-31-21)19(25-26-29)13-27-8-10-28(11-9-27)22(30)24-18-6-1-2-7-18/h3-5,12,18,21H,1-2,6-11,13-15H2,(H,24,30). The fourth-order valence-corrected chi connectivity index (χ4v) is 4.75. The van der Waals surface area contributed by atoms with Crippen molar-refractivity contribution < 1.29 is 13.9 Å². The number of nitrogens with zero attached hydrogens (tertiary/aromatic N) is 5. The molecule has 1 aromatic heterocycles. The number of aromatic nitrogens is 3. The highest BCUT2D eigenvalue weighted by atomic mass is 19.1. The summed E-state index contributed by atoms with van der Waals surface area (Å²) in [5.74, 6) is -0.262. The van der Waals surface area contributed by atoms with Gasteiger partial charge in [0.1, 0.15) is 17.6 Å². The fourth-order valence-electron chi connectivity index (χ4n) is 4.75. The van der Waals surface area contributed by atoms with E-state index in [2.05, 4.69) is 20.5 Å². The number of hydrogen-bond acceptors (Lipinski definition) is 5. The summed E-state index contributed by atoms with van der Waals surface area (Å²) < 4.78 is 21.4. The monoisotopic (exact) mass is 428 g/mol. The van der Waals surface area contributed by atoms with Gasteiger partial charge in [-0.2, -0.15) is 0 Å². The molecule has 1 saturated carbocycles. The number of halogens is 1. The lowest BCUT2D eigenvalue weighted by molar-refractivity contribution is -0.00234. The maximum absolute atomic E-state index is 13.5. The largest absolute Gasteiger partial charge is 0.365 e. The van der Waals surface area contributed by atoms with Crippen molar-refractivity contribution in [3.8, 4) is 0 Å². The van der Waals surface area contributed by atoms with E-state index in [4.69, 9.17) is 4.74 Å². The summed E-state index contributed by atoms with van der Waals surface area (Å²) in [6, 6.07) is 6.94. The number of amides is 2. The van der Waals surface area contributed by atoms with Crippen LogP contribution in [-0.4, -0.2) is 63.0 Å². The molecule has 0 bridgehead atoms. The van der Waals surface area contributed by atoms with Crippen molar-refractivity contribution in [1.29, 1.82) is 0 Å². The van der Waals surface area contributed by atoms with E-state index in [1.54, 1.807) is 6.07 Å². The van der Waals surface area contributed by atoms with Gasteiger partial charge in [-0.1, -0.05) is 30.2 Å². The fraction of sp³-hybridized carbons (Fsp3) is 0.591. The van der Waals surface area contributed by atoms with Crippen molar-refractivity contribution in [3.05, 3.63) is 47.0 Å². The van der Waals surface area contributed by atoms with Gasteiger partial charge in [0.25, 0.3) is 0 Å². The van der Waals surface area contributed by atoms with Crippen LogP contribution < -0.4 is 5.32 Å². The van der Waals surface area contributed by atoms with E-state index in [1.807, 2.05) is 15.6 Å². The Morgan fingerprint density at radius 1 is 1.19 bits per heavy atom. The van der Waals surface area contributed by atoms with Crippen LogP contribution in [0.3, 0.4) is 0 Å². The van der Waals surface area contributed by atoms with Gasteiger partial charge in [-0.05, 0) is 30.5 Å². The van der Waals surface area contributed by atoms with Crippen LogP contribution in [0.25, 0.3) is 0 Å². The van der Waals surface area contributed by atoms with E-state index >= 15 is 0 Å². The summed E-state index contributed by atoms with van der Waals surface area (Å²) in [5.41, 5.74) is 2.71. The molecule has 8 nitrogen and oxygen atoms in total. The molecular weight excluding hydrogens is 399 g/mol. The number of nitrogens with one attached hydrogen (secondary N) is 1. The number of piperazine rings is 1. The number of carbonyl (C=O) groups is 1. The molecule has 2 amide bonds. The van der Waals surface area contributed by atoms with Crippen molar-refractivity contribution in [1.82, 2.24) is 30.1 Å². The van der Waals surface area contributed by atoms with Gasteiger partial charge in [-0.15, -0.1) is 5.10 Å². The SMILES string of the molecule is O=C(NC1CCCC1)N1CCN(Cc2nnn3c2COC(c2cccc(F)c2)C3)CC1. The van der Waals surface area contributed by atoms with Crippen molar-refractivity contribution in [2.24, 2.45) is 0 Å². The summed E-state index contributed by atoms with van der Waals surface area (Å²) in [5, 5.41) is 11.9. The van der Waals surface area contributed by atoms with E-state index in [0.29, 0.717) is 25.7 Å². The number of urea groups is 1. The molecule has 2 fully saturated rings. The van der Waals surface area contributed by atoms with E-state index < -0.39 is 0 Å². The van der Waals surface area contributed by atoms with Gasteiger partial charge in [0.15, 0.2) is 0 Å². The first-order chi connectivity index (χ1) is 15.2. The van der Waals surface area contributed by atoms with Crippen LogP contribution in [-0.2, 0) is 24.4 Å². The van der Waals surface area contributed by atoms with Crippen molar-refractivity contribution in [2.45, 2.75) is 57.5 Å². The zero-order valence-electron chi connectivity index (χ0n) is 17.7. The van der Waals surface area contributed by atoms with Gasteiger partial charge in [-0.25, -0.2) is 13.9 Å². The second kappa shape index (κ2) is 8.92. The summed E-state index contributed by atoms with van der Waals surface area (Å²) >= 11 is 0. The van der Waals surface area contributed by atoms with E-state index in [-0.39, 0.29) is 18.0 Å². The first-order valence-corrected chi connectivity index (χ1v) is 11.2. The average molecular weight is 429 g/mol. The smallest absolute Gasteiger partial charge is 0.317 e. The third kappa shape index (κ3) is 4.57. The van der Waals surface area contributed by atoms with Crippen molar-refractivity contribution >= 4 is 6.03 Å². The Labute approximate surface area is 181 Å². The number of hydrogen-bond donors (Lipinski definition) is 1. The van der Waals surface area contributed by atoms with Gasteiger partial charge in [-0.3, -0.25) is 4.90 Å². The van der Waals surface area contributed by atoms with E-state index in [1.165, 1.54) is 25.0 Å². The Morgan fingerprint density at radius 2 is 2.00 bits per heavy atom. The molecule has 31 heavy (non-hydrogen) atoms. The Morgan fingerprint density at radius 3 is 2.77 bits per heavy atom. The van der Waals surface area contributed by atoms with Crippen LogP contribution >= 0.6 is 0 Å². The predicted octanol–water partition coefficient (Wildman–Crippen LogP) is 2.46. The van der Waals surface area contributed by atoms with Crippen LogP contribution in [0.5, 0.6) is 0 Å². The second-order valence-corrected chi connectivity index (χ2v) is 8.71. The number of fused-ring (bicyclic) bond motifs is 1. The third-order valence-electron chi connectivity index (χ3n) is 6.61. The molecule has 1 aromatic carbocycles. The van der Waals surface area contributed by atoms with Crippen LogP contribution in [0.4, 0.5) is 9.18 Å². The number of ether oxygens (including phenoxy) is 1. The molecule has 1 saturated heterocycles. The number of benzene rings is 1. The first-order valence-electron chi connectivity index (χ1n) is 11.2. The van der Waals surface area contributed by atoms with Crippen LogP contribution in [0, 0.1) is 5.82 Å². The maximum atomic E-state index is 13.5. The Bertz CT molecular complexity index is 920. The normalized spacial score (nSPS) is 22.5. The van der Waals surface area contributed by atoms with Crippen molar-refractivity contribution in [2.75, 3.05) is 26.2 Å². The molecule has 0 spiro atoms. The summed E-state index contributed by atoms with van der Waals surface area (Å²) in [6.07, 6.45) is 4.42. The van der Waals surface area contributed by atoms with Crippen molar-refractivity contribution in [3.63, 3.8) is 0 Å². The zero-order valence-corrected chi connectivity index (χ0v) is 17.7. The number of carbonyl (C=O) groups excluding carboxylic acids is 1. The molecule has 3 aliphatic rings. The Balaban J connectivity index is 1.14. The molecule has 2 aromatic rings. The summed E-state index contributed by atoms with van der Waals surface area (Å²) in [6.45, 7) is 4.71. The molecule has 0 radical (unpaired) electrons. The Hall–Kier alpha value is -2.52. The molecule has 1 aliphatic carbocycles. The third-order valence-corrected chi connectivity index (χ3v) is 6.61. The zero-order chi connectivity index (χ0) is 21.2. The highest BCUT2D eigenvalue weighted by molar-refractivity contribution is 5.74. The molecule has 5 rings (SSSR count). The first kappa shape index (κ1) is 20.4. The van der Waals surface area contributed by atoms with E-state index in [0.717, 1.165) is 56.0 Å². The molecule has 9 heteroatoms. The van der Waals surface area contributed by atoms with Gasteiger partial charge >= 0.3 is 6.03 Å². The molecular formula is C22H29FN6O2. The number of rotatable bonds is 4. The molecule has 3 heterocycles. The van der Waals surface area contributed by atoms with Crippen LogP contribution in [0.15, 0.2) is 24.3 Å². The Kier molecular flexibility index (Phi) is 5.87. The molecule has 1 N–H and O–H groups in total. The highest BCUT2D eigenvalue weighted by Gasteiger charge is 2.28. The minimum atomic E-state index is -0.262. The molecule has 2 aliphatic heterocycles. The highest BCUT2D eigenvalue weighted by Crippen LogP contribution is 2.27. The molecule has 1 unspecified atom stereocenters. The van der Waals surface area contributed by atoms with Gasteiger partial charge in [0, 0.05) is 38.8 Å². The lowest BCUT2D eigenvalue weighted by atomic mass is 10.1. The van der Waals surface area contributed by atoms with Gasteiger partial charge in [0.2, 0.25) is 0 Å². The summed E-state index contributed by atoms with van der Waals surface area (Å²) in [4.78, 5) is 16.7. The summed E-state index contributed by atoms with van der Waals surface area (Å²) in [7, 11) is 0. The topological polar surface area (TPSA) is 75.5 Å². The quantitative estimate of drug-likeness (QED) is 0.810. The van der Waals surface area contributed by atoms with E-state index in [9.17, 15) is 9.18 Å². The minimum absolute atomic E-state index is 0.0735. The maximum Gasteiger partial charge on any atom is 0.317 e. The lowest BCUT2D eigenvalue weighted by Crippen LogP contribution is -2.53. The molecule has 166 valence electrons. The lowest BCUT2D eigenvalue weighted by Gasteiger charge is -2.35.